The molecular formula is C43H82O12S. The highest BCUT2D eigenvalue weighted by atomic mass is 32.3. The molecule has 1 rings (SSSR count). The molecule has 0 bridgehead atoms. The summed E-state index contributed by atoms with van der Waals surface area (Å²) in [5, 5.41) is 30.6. The number of carbonyl (C=O) groups is 1. The van der Waals surface area contributed by atoms with E-state index in [0.29, 0.717) is 13.0 Å². The molecule has 0 aliphatic carbocycles. The minimum atomic E-state index is -5.06. The van der Waals surface area contributed by atoms with E-state index in [1.54, 1.807) is 0 Å². The molecule has 1 heterocycles. The van der Waals surface area contributed by atoms with Crippen molar-refractivity contribution in [1.82, 2.24) is 0 Å². The molecule has 12 nitrogen and oxygen atoms in total. The maximum Gasteiger partial charge on any atom is 0.397 e. The maximum absolute atomic E-state index is 12.8. The summed E-state index contributed by atoms with van der Waals surface area (Å²) in [7, 11) is -5.06. The van der Waals surface area contributed by atoms with Crippen molar-refractivity contribution in [1.29, 1.82) is 0 Å². The van der Waals surface area contributed by atoms with Crippen molar-refractivity contribution in [2.24, 2.45) is 0 Å². The number of allylic oxidation sites excluding steroid dienone is 2. The van der Waals surface area contributed by atoms with Crippen LogP contribution in [-0.2, 0) is 38.3 Å². The van der Waals surface area contributed by atoms with Gasteiger partial charge in [0.2, 0.25) is 0 Å². The van der Waals surface area contributed by atoms with Gasteiger partial charge in [-0.2, -0.15) is 8.42 Å². The Balaban J connectivity index is 2.43. The van der Waals surface area contributed by atoms with Crippen molar-refractivity contribution in [2.75, 3.05) is 26.4 Å². The number of ether oxygens (including phenoxy) is 4. The highest BCUT2D eigenvalue weighted by Gasteiger charge is 2.48. The molecule has 1 fully saturated rings. The Morgan fingerprint density at radius 3 is 1.64 bits per heavy atom. The Hall–Kier alpha value is -1.16. The molecular weight excluding hydrogens is 741 g/mol. The lowest BCUT2D eigenvalue weighted by Crippen LogP contribution is -2.60. The number of rotatable bonds is 39. The van der Waals surface area contributed by atoms with Crippen molar-refractivity contribution in [2.45, 2.75) is 230 Å². The number of hydrogen-bond donors (Lipinski definition) is 4. The zero-order valence-electron chi connectivity index (χ0n) is 35.2. The van der Waals surface area contributed by atoms with Gasteiger partial charge in [0.15, 0.2) is 6.29 Å². The molecule has 13 heteroatoms. The van der Waals surface area contributed by atoms with Gasteiger partial charge in [-0.3, -0.25) is 9.35 Å². The molecule has 0 radical (unpaired) electrons. The summed E-state index contributed by atoms with van der Waals surface area (Å²) in [4.78, 5) is 12.8. The summed E-state index contributed by atoms with van der Waals surface area (Å²) in [6, 6.07) is 0. The molecule has 4 N–H and O–H groups in total. The normalized spacial score (nSPS) is 20.9. The molecule has 0 saturated carbocycles. The van der Waals surface area contributed by atoms with Crippen LogP contribution in [-0.4, -0.2) is 97.5 Å². The van der Waals surface area contributed by atoms with Gasteiger partial charge in [0.05, 0.1) is 19.8 Å². The van der Waals surface area contributed by atoms with Crippen LogP contribution in [0.1, 0.15) is 194 Å². The fraction of sp³-hybridized carbons (Fsp3) is 0.930. The number of aliphatic hydroxyl groups is 3. The zero-order valence-corrected chi connectivity index (χ0v) is 36.0. The Bertz CT molecular complexity index is 1040. The van der Waals surface area contributed by atoms with Gasteiger partial charge >= 0.3 is 16.4 Å². The van der Waals surface area contributed by atoms with Gasteiger partial charge in [0.1, 0.15) is 30.5 Å². The van der Waals surface area contributed by atoms with E-state index in [2.05, 4.69) is 30.2 Å². The number of unbranched alkanes of at least 4 members (excludes halogenated alkanes) is 24. The van der Waals surface area contributed by atoms with E-state index in [4.69, 9.17) is 23.5 Å². The van der Waals surface area contributed by atoms with E-state index in [9.17, 15) is 28.5 Å². The molecule has 1 saturated heterocycles. The van der Waals surface area contributed by atoms with Crippen LogP contribution >= 0.6 is 0 Å². The molecule has 0 aromatic heterocycles. The summed E-state index contributed by atoms with van der Waals surface area (Å²) in [5.74, 6) is -0.398. The summed E-state index contributed by atoms with van der Waals surface area (Å²) >= 11 is 0. The van der Waals surface area contributed by atoms with Gasteiger partial charge in [-0.05, 0) is 38.5 Å². The Morgan fingerprint density at radius 2 is 1.12 bits per heavy atom. The van der Waals surface area contributed by atoms with Crippen LogP contribution in [0.4, 0.5) is 0 Å². The van der Waals surface area contributed by atoms with Crippen LogP contribution in [0.5, 0.6) is 0 Å². The van der Waals surface area contributed by atoms with E-state index in [1.165, 1.54) is 122 Å². The van der Waals surface area contributed by atoms with Gasteiger partial charge in [-0.1, -0.05) is 161 Å². The maximum atomic E-state index is 12.8. The highest BCUT2D eigenvalue weighted by molar-refractivity contribution is 7.80. The van der Waals surface area contributed by atoms with Gasteiger partial charge < -0.3 is 34.3 Å². The third kappa shape index (κ3) is 29.1. The monoisotopic (exact) mass is 823 g/mol. The molecule has 1 aliphatic rings. The number of hydrogen-bond acceptors (Lipinski definition) is 11. The van der Waals surface area contributed by atoms with Crippen LogP contribution in [0.15, 0.2) is 12.2 Å². The van der Waals surface area contributed by atoms with Crippen LogP contribution in [0.25, 0.3) is 0 Å². The molecule has 0 aromatic rings. The largest absolute Gasteiger partial charge is 0.457 e. The van der Waals surface area contributed by atoms with Crippen molar-refractivity contribution in [3.63, 3.8) is 0 Å². The fourth-order valence-electron chi connectivity index (χ4n) is 6.96. The minimum absolute atomic E-state index is 0.0368. The second-order valence-corrected chi connectivity index (χ2v) is 16.7. The quantitative estimate of drug-likeness (QED) is 0.0200. The summed E-state index contributed by atoms with van der Waals surface area (Å²) in [6.07, 6.45) is 28.1. The summed E-state index contributed by atoms with van der Waals surface area (Å²) in [5.41, 5.74) is 0. The lowest BCUT2D eigenvalue weighted by atomic mass is 9.99. The highest BCUT2D eigenvalue weighted by Crippen LogP contribution is 2.26. The second kappa shape index (κ2) is 35.8. The molecule has 6 atom stereocenters. The molecule has 6 unspecified atom stereocenters. The number of aliphatic hydroxyl groups excluding tert-OH is 3. The first-order valence-corrected chi connectivity index (χ1v) is 23.8. The second-order valence-electron chi connectivity index (χ2n) is 15.6. The van der Waals surface area contributed by atoms with Gasteiger partial charge in [0.25, 0.3) is 0 Å². The molecule has 0 aromatic carbocycles. The van der Waals surface area contributed by atoms with E-state index in [1.807, 2.05) is 0 Å². The smallest absolute Gasteiger partial charge is 0.397 e. The van der Waals surface area contributed by atoms with E-state index >= 15 is 0 Å². The average Bonchev–Trinajstić information content (AvgIpc) is 3.17. The zero-order chi connectivity index (χ0) is 41.1. The Labute approximate surface area is 340 Å². The Kier molecular flexibility index (Phi) is 33.7. The fourth-order valence-corrected chi connectivity index (χ4v) is 7.47. The minimum Gasteiger partial charge on any atom is -0.457 e. The lowest BCUT2D eigenvalue weighted by Gasteiger charge is -2.41. The number of esters is 1. The van der Waals surface area contributed by atoms with Crippen LogP contribution in [0.3, 0.4) is 0 Å². The SMILES string of the molecule is CCCCC/C=C\CCCCCCCCOCC(COC1OC(CO)C(O)C(OS(=O)(=O)O)C1O)OC(=O)CCCCCCCCCCCCCCCCCC. The van der Waals surface area contributed by atoms with Crippen molar-refractivity contribution >= 4 is 16.4 Å². The Morgan fingerprint density at radius 1 is 0.661 bits per heavy atom. The molecule has 0 amide bonds. The molecule has 1 aliphatic heterocycles. The molecule has 332 valence electrons. The van der Waals surface area contributed by atoms with Crippen LogP contribution in [0, 0.1) is 0 Å². The predicted octanol–water partition coefficient (Wildman–Crippen LogP) is 9.08. The average molecular weight is 823 g/mol. The standard InChI is InChI=1S/C43H82O12S/c1-3-5-7-9-11-13-15-17-18-19-20-22-24-26-28-30-32-39(45)53-37(35-51-33-31-29-27-25-23-21-16-14-12-10-8-6-4-2)36-52-43-41(47)42(55-56(48,49)50)40(46)38(34-44)54-43/h12,14,37-38,40-44,46-47H,3-11,13,15-36H2,1-2H3,(H,48,49,50)/b14-12-. The third-order valence-electron chi connectivity index (χ3n) is 10.4. The van der Waals surface area contributed by atoms with E-state index < -0.39 is 59.8 Å². The predicted molar refractivity (Wildman–Crippen MR) is 221 cm³/mol. The lowest BCUT2D eigenvalue weighted by molar-refractivity contribution is -0.301. The molecule has 56 heavy (non-hydrogen) atoms. The number of carbonyl (C=O) groups excluding carboxylic acids is 1. The first kappa shape index (κ1) is 52.9. The van der Waals surface area contributed by atoms with Crippen molar-refractivity contribution in [3.05, 3.63) is 12.2 Å². The summed E-state index contributed by atoms with van der Waals surface area (Å²) < 4.78 is 59.0. The van der Waals surface area contributed by atoms with E-state index in [-0.39, 0.29) is 19.6 Å². The van der Waals surface area contributed by atoms with E-state index in [0.717, 1.165) is 44.9 Å². The topological polar surface area (TPSA) is 178 Å². The first-order valence-electron chi connectivity index (χ1n) is 22.4. The van der Waals surface area contributed by atoms with Gasteiger partial charge in [-0.15, -0.1) is 0 Å². The summed E-state index contributed by atoms with van der Waals surface area (Å²) in [6.45, 7) is 3.97. The van der Waals surface area contributed by atoms with Crippen LogP contribution in [0.2, 0.25) is 0 Å². The van der Waals surface area contributed by atoms with Gasteiger partial charge in [-0.25, -0.2) is 4.18 Å². The van der Waals surface area contributed by atoms with Crippen molar-refractivity contribution < 1.29 is 56.2 Å². The van der Waals surface area contributed by atoms with Crippen LogP contribution < -0.4 is 0 Å². The molecule has 0 spiro atoms. The first-order chi connectivity index (χ1) is 27.1. The van der Waals surface area contributed by atoms with Crippen molar-refractivity contribution in [3.8, 4) is 0 Å². The van der Waals surface area contributed by atoms with Gasteiger partial charge in [0, 0.05) is 13.0 Å². The third-order valence-corrected chi connectivity index (χ3v) is 10.9.